The Hall–Kier alpha value is -1.27. The molecule has 0 aliphatic rings. The minimum absolute atomic E-state index is 0.233. The molecule has 0 spiro atoms. The average molecular weight is 374 g/mol. The van der Waals surface area contributed by atoms with E-state index in [4.69, 9.17) is 16.0 Å². The molecular weight excluding hydrogens is 365 g/mol. The second-order valence-electron chi connectivity index (χ2n) is 3.47. The van der Waals surface area contributed by atoms with Crippen LogP contribution >= 0.6 is 34.2 Å². The van der Waals surface area contributed by atoms with Gasteiger partial charge in [0.1, 0.15) is 5.76 Å². The van der Waals surface area contributed by atoms with Crippen LogP contribution in [0.4, 0.5) is 5.69 Å². The Morgan fingerprint density at radius 1 is 1.33 bits per heavy atom. The minimum Gasteiger partial charge on any atom is -0.451 e. The van der Waals surface area contributed by atoms with Crippen LogP contribution in [-0.2, 0) is 4.79 Å². The number of carbonyl (C=O) groups excluding carboxylic acids is 1. The summed E-state index contributed by atoms with van der Waals surface area (Å²) in [5.74, 6) is 0.407. The monoisotopic (exact) mass is 373 g/mol. The van der Waals surface area contributed by atoms with Gasteiger partial charge in [0.15, 0.2) is 3.77 Å². The number of carbonyl (C=O) groups is 1. The van der Waals surface area contributed by atoms with E-state index in [2.05, 4.69) is 27.9 Å². The summed E-state index contributed by atoms with van der Waals surface area (Å²) in [6.45, 7) is 0. The highest BCUT2D eigenvalue weighted by Crippen LogP contribution is 2.15. The highest BCUT2D eigenvalue weighted by Gasteiger charge is 1.99. The van der Waals surface area contributed by atoms with Gasteiger partial charge in [0.2, 0.25) is 5.91 Å². The molecule has 1 amide bonds. The molecule has 0 atom stereocenters. The van der Waals surface area contributed by atoms with Crippen molar-refractivity contribution < 1.29 is 9.21 Å². The summed E-state index contributed by atoms with van der Waals surface area (Å²) >= 11 is 7.88. The molecule has 1 aromatic carbocycles. The number of halogens is 2. The average Bonchev–Trinajstić information content (AvgIpc) is 2.73. The van der Waals surface area contributed by atoms with Crippen molar-refractivity contribution in [3.63, 3.8) is 0 Å². The molecule has 92 valence electrons. The fraction of sp³-hybridized carbons (Fsp3) is 0. The van der Waals surface area contributed by atoms with Gasteiger partial charge in [0.05, 0.1) is 0 Å². The van der Waals surface area contributed by atoms with E-state index in [-0.39, 0.29) is 5.91 Å². The van der Waals surface area contributed by atoms with Crippen molar-refractivity contribution in [3.8, 4) is 0 Å². The summed E-state index contributed by atoms with van der Waals surface area (Å²) in [6, 6.07) is 10.6. The predicted octanol–water partition coefficient (Wildman–Crippen LogP) is 4.19. The smallest absolute Gasteiger partial charge is 0.248 e. The van der Waals surface area contributed by atoms with E-state index >= 15 is 0 Å². The molecule has 0 unspecified atom stereocenters. The van der Waals surface area contributed by atoms with Gasteiger partial charge in [0.25, 0.3) is 0 Å². The normalized spacial score (nSPS) is 10.8. The van der Waals surface area contributed by atoms with Crippen molar-refractivity contribution in [3.05, 3.63) is 57.0 Å². The first-order valence-electron chi connectivity index (χ1n) is 5.13. The summed E-state index contributed by atoms with van der Waals surface area (Å²) in [5.41, 5.74) is 0.658. The van der Waals surface area contributed by atoms with E-state index < -0.39 is 0 Å². The molecule has 0 aliphatic carbocycles. The molecule has 1 aromatic heterocycles. The van der Waals surface area contributed by atoms with Crippen molar-refractivity contribution in [1.82, 2.24) is 0 Å². The van der Waals surface area contributed by atoms with Gasteiger partial charge >= 0.3 is 0 Å². The number of furan rings is 1. The number of nitrogens with one attached hydrogen (secondary N) is 1. The van der Waals surface area contributed by atoms with E-state index in [1.807, 2.05) is 6.07 Å². The SMILES string of the molecule is O=C(/C=C/c1ccc(I)o1)Nc1cccc(Cl)c1. The van der Waals surface area contributed by atoms with Gasteiger partial charge in [-0.3, -0.25) is 4.79 Å². The summed E-state index contributed by atoms with van der Waals surface area (Å²) in [6.07, 6.45) is 3.03. The zero-order valence-corrected chi connectivity index (χ0v) is 12.1. The fourth-order valence-electron chi connectivity index (χ4n) is 1.33. The van der Waals surface area contributed by atoms with Crippen molar-refractivity contribution >= 4 is 51.9 Å². The summed E-state index contributed by atoms with van der Waals surface area (Å²) in [7, 11) is 0. The highest BCUT2D eigenvalue weighted by molar-refractivity contribution is 14.1. The van der Waals surface area contributed by atoms with Gasteiger partial charge in [-0.1, -0.05) is 17.7 Å². The quantitative estimate of drug-likeness (QED) is 0.647. The van der Waals surface area contributed by atoms with E-state index in [1.54, 1.807) is 36.4 Å². The lowest BCUT2D eigenvalue weighted by molar-refractivity contribution is -0.111. The first kappa shape index (κ1) is 13.2. The maximum atomic E-state index is 11.6. The van der Waals surface area contributed by atoms with E-state index in [9.17, 15) is 4.79 Å². The molecule has 5 heteroatoms. The Kier molecular flexibility index (Phi) is 4.43. The summed E-state index contributed by atoms with van der Waals surface area (Å²) in [4.78, 5) is 11.6. The zero-order valence-electron chi connectivity index (χ0n) is 9.19. The van der Waals surface area contributed by atoms with Gasteiger partial charge in [-0.15, -0.1) is 0 Å². The van der Waals surface area contributed by atoms with Gasteiger partial charge in [-0.25, -0.2) is 0 Å². The molecule has 0 fully saturated rings. The lowest BCUT2D eigenvalue weighted by Crippen LogP contribution is -2.07. The molecule has 0 aliphatic heterocycles. The van der Waals surface area contributed by atoms with Gasteiger partial charge in [-0.05, 0) is 59.0 Å². The second-order valence-corrected chi connectivity index (χ2v) is 4.97. The van der Waals surface area contributed by atoms with Crippen LogP contribution < -0.4 is 5.32 Å². The van der Waals surface area contributed by atoms with Gasteiger partial charge in [-0.2, -0.15) is 0 Å². The molecule has 0 saturated carbocycles. The van der Waals surface area contributed by atoms with Crippen LogP contribution in [0.2, 0.25) is 5.02 Å². The van der Waals surface area contributed by atoms with Crippen molar-refractivity contribution in [2.75, 3.05) is 5.32 Å². The first-order chi connectivity index (χ1) is 8.63. The van der Waals surface area contributed by atoms with Crippen LogP contribution in [0.3, 0.4) is 0 Å². The molecule has 0 radical (unpaired) electrons. The molecule has 2 aromatic rings. The van der Waals surface area contributed by atoms with Crippen molar-refractivity contribution in [2.45, 2.75) is 0 Å². The lowest BCUT2D eigenvalue weighted by Gasteiger charge is -2.01. The Bertz CT molecular complexity index is 592. The maximum Gasteiger partial charge on any atom is 0.248 e. The van der Waals surface area contributed by atoms with Crippen molar-refractivity contribution in [2.24, 2.45) is 0 Å². The minimum atomic E-state index is -0.233. The number of hydrogen-bond donors (Lipinski definition) is 1. The van der Waals surface area contributed by atoms with E-state index in [0.717, 1.165) is 3.77 Å². The summed E-state index contributed by atoms with van der Waals surface area (Å²) in [5, 5.41) is 3.29. The Morgan fingerprint density at radius 3 is 2.83 bits per heavy atom. The number of anilines is 1. The number of benzene rings is 1. The van der Waals surface area contributed by atoms with Crippen LogP contribution in [0, 0.1) is 3.77 Å². The molecule has 3 nitrogen and oxygen atoms in total. The molecule has 18 heavy (non-hydrogen) atoms. The molecular formula is C13H9ClINO2. The van der Waals surface area contributed by atoms with Gasteiger partial charge in [0, 0.05) is 16.8 Å². The zero-order chi connectivity index (χ0) is 13.0. The van der Waals surface area contributed by atoms with Crippen LogP contribution in [-0.4, -0.2) is 5.91 Å². The van der Waals surface area contributed by atoms with E-state index in [0.29, 0.717) is 16.5 Å². The van der Waals surface area contributed by atoms with Gasteiger partial charge < -0.3 is 9.73 Å². The lowest BCUT2D eigenvalue weighted by atomic mass is 10.3. The van der Waals surface area contributed by atoms with Crippen LogP contribution in [0.1, 0.15) is 5.76 Å². The third kappa shape index (κ3) is 3.89. The Balaban J connectivity index is 1.98. The van der Waals surface area contributed by atoms with Crippen LogP contribution in [0.25, 0.3) is 6.08 Å². The topological polar surface area (TPSA) is 42.2 Å². The Labute approximate surface area is 123 Å². The third-order valence-electron chi connectivity index (χ3n) is 2.09. The first-order valence-corrected chi connectivity index (χ1v) is 6.59. The molecule has 0 bridgehead atoms. The van der Waals surface area contributed by atoms with E-state index in [1.165, 1.54) is 6.08 Å². The van der Waals surface area contributed by atoms with Crippen LogP contribution in [0.5, 0.6) is 0 Å². The molecule has 1 N–H and O–H groups in total. The maximum absolute atomic E-state index is 11.6. The number of rotatable bonds is 3. The highest BCUT2D eigenvalue weighted by atomic mass is 127. The van der Waals surface area contributed by atoms with Crippen LogP contribution in [0.15, 0.2) is 46.9 Å². The van der Waals surface area contributed by atoms with Crippen molar-refractivity contribution in [1.29, 1.82) is 0 Å². The predicted molar refractivity (Wildman–Crippen MR) is 80.5 cm³/mol. The third-order valence-corrected chi connectivity index (χ3v) is 2.90. The fourth-order valence-corrected chi connectivity index (χ4v) is 1.95. The second kappa shape index (κ2) is 6.06. The Morgan fingerprint density at radius 2 is 2.17 bits per heavy atom. The number of hydrogen-bond acceptors (Lipinski definition) is 2. The number of amides is 1. The molecule has 0 saturated heterocycles. The molecule has 1 heterocycles. The summed E-state index contributed by atoms with van der Waals surface area (Å²) < 4.78 is 6.08. The largest absolute Gasteiger partial charge is 0.451 e. The molecule has 2 rings (SSSR count). The standard InChI is InChI=1S/C13H9ClINO2/c14-9-2-1-3-10(8-9)16-13(17)7-5-11-4-6-12(15)18-11/h1-8H,(H,16,17)/b7-5+.